The summed E-state index contributed by atoms with van der Waals surface area (Å²) in [6, 6.07) is 20.8. The number of thioether (sulfide) groups is 1. The lowest BCUT2D eigenvalue weighted by molar-refractivity contribution is -0.118. The van der Waals surface area contributed by atoms with Crippen LogP contribution in [0.3, 0.4) is 0 Å². The highest BCUT2D eigenvalue weighted by Gasteiger charge is 2.11. The molecule has 4 rings (SSSR count). The number of hydrogen-bond donors (Lipinski definition) is 2. The summed E-state index contributed by atoms with van der Waals surface area (Å²) < 4.78 is 7.27. The molecule has 3 aromatic carbocycles. The first-order chi connectivity index (χ1) is 16.0. The number of fused-ring (bicyclic) bond motifs is 1. The van der Waals surface area contributed by atoms with Crippen molar-refractivity contribution >= 4 is 56.5 Å². The van der Waals surface area contributed by atoms with Crippen molar-refractivity contribution in [2.75, 3.05) is 23.0 Å². The first-order valence-corrected chi connectivity index (χ1v) is 12.1. The Kier molecular flexibility index (Phi) is 7.26. The fourth-order valence-corrected chi connectivity index (χ4v) is 4.96. The van der Waals surface area contributed by atoms with Crippen molar-refractivity contribution < 1.29 is 14.3 Å². The summed E-state index contributed by atoms with van der Waals surface area (Å²) >= 11 is 2.88. The van der Waals surface area contributed by atoms with E-state index in [1.54, 1.807) is 0 Å². The number of carbonyl (C=O) groups is 2. The van der Waals surface area contributed by atoms with Gasteiger partial charge in [0.25, 0.3) is 5.91 Å². The van der Waals surface area contributed by atoms with Crippen LogP contribution in [0.25, 0.3) is 10.2 Å². The number of amides is 2. The number of para-hydroxylation sites is 1. The number of anilines is 2. The third-order valence-corrected chi connectivity index (χ3v) is 6.95. The van der Waals surface area contributed by atoms with Gasteiger partial charge in [-0.2, -0.15) is 0 Å². The molecule has 0 spiro atoms. The van der Waals surface area contributed by atoms with E-state index in [-0.39, 0.29) is 24.2 Å². The van der Waals surface area contributed by atoms with E-state index in [1.807, 2.05) is 80.6 Å². The van der Waals surface area contributed by atoms with Gasteiger partial charge in [0.1, 0.15) is 5.75 Å². The summed E-state index contributed by atoms with van der Waals surface area (Å²) in [6.45, 7) is 3.89. The molecule has 0 unspecified atom stereocenters. The van der Waals surface area contributed by atoms with Crippen LogP contribution in [0.15, 0.2) is 71.1 Å². The van der Waals surface area contributed by atoms with Gasteiger partial charge in [-0.15, -0.1) is 11.3 Å². The van der Waals surface area contributed by atoms with Gasteiger partial charge in [0.2, 0.25) is 5.91 Å². The van der Waals surface area contributed by atoms with E-state index < -0.39 is 0 Å². The number of nitrogens with zero attached hydrogens (tertiary/aromatic N) is 1. The minimum absolute atomic E-state index is 0.0686. The fraction of sp³-hybridized carbons (Fsp3) is 0.160. The molecule has 0 aliphatic heterocycles. The Balaban J connectivity index is 1.31. The normalized spacial score (nSPS) is 10.7. The monoisotopic (exact) mass is 477 g/mol. The molecule has 2 amide bonds. The smallest absolute Gasteiger partial charge is 0.262 e. The molecule has 1 aromatic heterocycles. The van der Waals surface area contributed by atoms with Crippen molar-refractivity contribution in [1.29, 1.82) is 0 Å². The number of rotatable bonds is 8. The molecule has 168 valence electrons. The van der Waals surface area contributed by atoms with Crippen LogP contribution in [0.2, 0.25) is 0 Å². The second kappa shape index (κ2) is 10.5. The first-order valence-electron chi connectivity index (χ1n) is 10.3. The number of thiazole rings is 1. The third-order valence-electron chi connectivity index (χ3n) is 4.79. The highest BCUT2D eigenvalue weighted by atomic mass is 32.2. The van der Waals surface area contributed by atoms with Crippen molar-refractivity contribution in [1.82, 2.24) is 4.98 Å². The SMILES string of the molecule is Cc1ccc(OCC(=O)Nc2ccc3nc(SCC(=O)Nc4ccccc4C)sc3c2)cc1. The Morgan fingerprint density at radius 3 is 2.55 bits per heavy atom. The van der Waals surface area contributed by atoms with Gasteiger partial charge in [0.05, 0.1) is 16.0 Å². The molecule has 1 heterocycles. The van der Waals surface area contributed by atoms with Gasteiger partial charge in [-0.1, -0.05) is 47.7 Å². The average molecular weight is 478 g/mol. The topological polar surface area (TPSA) is 80.3 Å². The van der Waals surface area contributed by atoms with E-state index in [4.69, 9.17) is 4.74 Å². The Bertz CT molecular complexity index is 1290. The molecular formula is C25H23N3O3S2. The van der Waals surface area contributed by atoms with Gasteiger partial charge in [0, 0.05) is 11.4 Å². The van der Waals surface area contributed by atoms with Crippen molar-refractivity contribution in [3.63, 3.8) is 0 Å². The molecule has 0 atom stereocenters. The summed E-state index contributed by atoms with van der Waals surface area (Å²) in [5.41, 5.74) is 4.48. The molecule has 0 radical (unpaired) electrons. The van der Waals surface area contributed by atoms with E-state index in [9.17, 15) is 9.59 Å². The van der Waals surface area contributed by atoms with Gasteiger partial charge in [-0.25, -0.2) is 4.98 Å². The second-order valence-electron chi connectivity index (χ2n) is 7.46. The van der Waals surface area contributed by atoms with Crippen LogP contribution in [0.5, 0.6) is 5.75 Å². The van der Waals surface area contributed by atoms with Crippen molar-refractivity contribution in [3.05, 3.63) is 77.9 Å². The van der Waals surface area contributed by atoms with E-state index in [1.165, 1.54) is 23.1 Å². The van der Waals surface area contributed by atoms with Crippen LogP contribution in [-0.2, 0) is 9.59 Å². The lowest BCUT2D eigenvalue weighted by Gasteiger charge is -2.07. The maximum atomic E-state index is 12.3. The quantitative estimate of drug-likeness (QED) is 0.320. The highest BCUT2D eigenvalue weighted by Crippen LogP contribution is 2.31. The Morgan fingerprint density at radius 1 is 0.970 bits per heavy atom. The maximum Gasteiger partial charge on any atom is 0.262 e. The van der Waals surface area contributed by atoms with Gasteiger partial charge in [-0.3, -0.25) is 9.59 Å². The molecule has 8 heteroatoms. The van der Waals surface area contributed by atoms with Crippen molar-refractivity contribution in [2.45, 2.75) is 18.2 Å². The van der Waals surface area contributed by atoms with Crippen LogP contribution in [-0.4, -0.2) is 29.2 Å². The van der Waals surface area contributed by atoms with E-state index >= 15 is 0 Å². The summed E-state index contributed by atoms with van der Waals surface area (Å²) in [7, 11) is 0. The van der Waals surface area contributed by atoms with Crippen molar-refractivity contribution in [3.8, 4) is 5.75 Å². The van der Waals surface area contributed by atoms with Gasteiger partial charge in [-0.05, 0) is 55.8 Å². The zero-order chi connectivity index (χ0) is 23.2. The zero-order valence-electron chi connectivity index (χ0n) is 18.3. The zero-order valence-corrected chi connectivity index (χ0v) is 19.9. The van der Waals surface area contributed by atoms with Gasteiger partial charge < -0.3 is 15.4 Å². The van der Waals surface area contributed by atoms with E-state index in [2.05, 4.69) is 15.6 Å². The van der Waals surface area contributed by atoms with Gasteiger partial charge in [0.15, 0.2) is 10.9 Å². The number of nitrogens with one attached hydrogen (secondary N) is 2. The number of aromatic nitrogens is 1. The lowest BCUT2D eigenvalue weighted by atomic mass is 10.2. The standard InChI is InChI=1S/C25H23N3O3S2/c1-16-7-10-19(11-8-16)31-14-23(29)26-18-9-12-21-22(13-18)33-25(28-21)32-15-24(30)27-20-6-4-3-5-17(20)2/h3-13H,14-15H2,1-2H3,(H,26,29)(H,27,30). The molecule has 2 N–H and O–H groups in total. The number of aryl methyl sites for hydroxylation is 2. The molecule has 33 heavy (non-hydrogen) atoms. The number of hydrogen-bond acceptors (Lipinski definition) is 6. The molecule has 0 bridgehead atoms. The summed E-state index contributed by atoms with van der Waals surface area (Å²) in [5.74, 6) is 0.618. The molecular weight excluding hydrogens is 454 g/mol. The highest BCUT2D eigenvalue weighted by molar-refractivity contribution is 8.01. The third kappa shape index (κ3) is 6.34. The van der Waals surface area contributed by atoms with Crippen LogP contribution >= 0.6 is 23.1 Å². The molecule has 0 aliphatic carbocycles. The Morgan fingerprint density at radius 2 is 1.76 bits per heavy atom. The molecule has 0 saturated carbocycles. The van der Waals surface area contributed by atoms with Crippen molar-refractivity contribution in [2.24, 2.45) is 0 Å². The van der Waals surface area contributed by atoms with Crippen LogP contribution < -0.4 is 15.4 Å². The predicted octanol–water partition coefficient (Wildman–Crippen LogP) is 5.66. The predicted molar refractivity (Wildman–Crippen MR) is 135 cm³/mol. The maximum absolute atomic E-state index is 12.3. The van der Waals surface area contributed by atoms with E-state index in [0.717, 1.165) is 31.4 Å². The number of ether oxygens (including phenoxy) is 1. The van der Waals surface area contributed by atoms with Crippen LogP contribution in [0.4, 0.5) is 11.4 Å². The second-order valence-corrected chi connectivity index (χ2v) is 9.72. The molecule has 0 aliphatic rings. The first kappa shape index (κ1) is 22.8. The largest absolute Gasteiger partial charge is 0.484 e. The molecule has 4 aromatic rings. The van der Waals surface area contributed by atoms with Crippen LogP contribution in [0.1, 0.15) is 11.1 Å². The van der Waals surface area contributed by atoms with E-state index in [0.29, 0.717) is 11.4 Å². The molecule has 0 saturated heterocycles. The minimum atomic E-state index is -0.234. The average Bonchev–Trinajstić information content (AvgIpc) is 3.21. The Labute approximate surface area is 200 Å². The molecule has 6 nitrogen and oxygen atoms in total. The summed E-state index contributed by atoms with van der Waals surface area (Å²) in [4.78, 5) is 29.1. The van der Waals surface area contributed by atoms with Gasteiger partial charge >= 0.3 is 0 Å². The Hall–Kier alpha value is -3.36. The minimum Gasteiger partial charge on any atom is -0.484 e. The fourth-order valence-electron chi connectivity index (χ4n) is 3.05. The molecule has 0 fully saturated rings. The summed E-state index contributed by atoms with van der Waals surface area (Å²) in [6.07, 6.45) is 0. The number of carbonyl (C=O) groups excluding carboxylic acids is 2. The van der Waals surface area contributed by atoms with Crippen LogP contribution in [0, 0.1) is 13.8 Å². The number of benzene rings is 3. The lowest BCUT2D eigenvalue weighted by Crippen LogP contribution is -2.20. The summed E-state index contributed by atoms with van der Waals surface area (Å²) in [5, 5.41) is 5.78.